The standard InChI is InChI=1S/C17H21N7O3/c1-2-15(24-25,11-3-7-13(8-4-11)26-16(18,19)20)12-5-9-14(10-6-12)27-17(21,22)23/h1,3-10H,18-23H2. The average Bonchev–Trinajstić information content (AvgIpc) is 2.56. The smallest absolute Gasteiger partial charge is 0.271 e. The first-order chi connectivity index (χ1) is 12.5. The first kappa shape index (κ1) is 20.3. The summed E-state index contributed by atoms with van der Waals surface area (Å²) >= 11 is 0. The summed E-state index contributed by atoms with van der Waals surface area (Å²) in [5, 5.41) is 3.17. The topological polar surface area (TPSA) is 204 Å². The largest absolute Gasteiger partial charge is 0.447 e. The van der Waals surface area contributed by atoms with Gasteiger partial charge in [-0.15, -0.1) is 11.3 Å². The van der Waals surface area contributed by atoms with Gasteiger partial charge in [-0.25, -0.2) is 0 Å². The summed E-state index contributed by atoms with van der Waals surface area (Å²) in [5.74, 6) is -0.677. The van der Waals surface area contributed by atoms with Gasteiger partial charge in [0.1, 0.15) is 11.5 Å². The van der Waals surface area contributed by atoms with Crippen LogP contribution < -0.4 is 43.9 Å². The molecule has 0 aliphatic carbocycles. The maximum atomic E-state index is 11.7. The van der Waals surface area contributed by atoms with E-state index in [-0.39, 0.29) is 11.5 Å². The van der Waals surface area contributed by atoms with E-state index in [0.29, 0.717) is 11.1 Å². The Balaban J connectivity index is 2.37. The SMILES string of the molecule is C#CC(N=O)(c1ccc(OC(N)(N)N)cc1)c1ccc(OC(N)(N)N)cc1. The highest BCUT2D eigenvalue weighted by atomic mass is 16.5. The predicted molar refractivity (Wildman–Crippen MR) is 100 cm³/mol. The van der Waals surface area contributed by atoms with Crippen molar-refractivity contribution in [2.24, 2.45) is 39.6 Å². The molecule has 0 amide bonds. The van der Waals surface area contributed by atoms with Gasteiger partial charge in [0.25, 0.3) is 11.9 Å². The van der Waals surface area contributed by atoms with Crippen molar-refractivity contribution in [3.63, 3.8) is 0 Å². The molecule has 0 saturated heterocycles. The van der Waals surface area contributed by atoms with E-state index in [2.05, 4.69) is 11.1 Å². The Kier molecular flexibility index (Phi) is 5.48. The van der Waals surface area contributed by atoms with Crippen LogP contribution in [0.15, 0.2) is 53.7 Å². The van der Waals surface area contributed by atoms with Crippen LogP contribution in [-0.2, 0) is 5.54 Å². The van der Waals surface area contributed by atoms with Gasteiger partial charge in [-0.3, -0.25) is 34.4 Å². The molecular formula is C17H21N7O3. The minimum Gasteiger partial charge on any atom is -0.447 e. The zero-order valence-electron chi connectivity index (χ0n) is 14.3. The number of nitrogens with zero attached hydrogens (tertiary/aromatic N) is 1. The minimum absolute atomic E-state index is 0.289. The van der Waals surface area contributed by atoms with Crippen molar-refractivity contribution >= 4 is 0 Å². The quantitative estimate of drug-likeness (QED) is 0.201. The second kappa shape index (κ2) is 7.29. The molecule has 142 valence electrons. The van der Waals surface area contributed by atoms with Crippen molar-refractivity contribution in [1.29, 1.82) is 0 Å². The van der Waals surface area contributed by atoms with Crippen LogP contribution in [0.5, 0.6) is 11.5 Å². The Hall–Kier alpha value is -3.04. The maximum Gasteiger partial charge on any atom is 0.271 e. The number of rotatable bonds is 7. The van der Waals surface area contributed by atoms with Crippen LogP contribution in [0.2, 0.25) is 0 Å². The van der Waals surface area contributed by atoms with E-state index in [4.69, 9.17) is 50.3 Å². The molecule has 2 aromatic carbocycles. The highest BCUT2D eigenvalue weighted by Gasteiger charge is 2.34. The molecule has 0 aromatic heterocycles. The lowest BCUT2D eigenvalue weighted by molar-refractivity contribution is 0.0896. The third kappa shape index (κ3) is 4.99. The van der Waals surface area contributed by atoms with E-state index < -0.39 is 17.5 Å². The van der Waals surface area contributed by atoms with E-state index in [1.165, 1.54) is 24.3 Å². The fraction of sp³-hybridized carbons (Fsp3) is 0.176. The van der Waals surface area contributed by atoms with Gasteiger partial charge < -0.3 is 9.47 Å². The summed E-state index contributed by atoms with van der Waals surface area (Å²) in [6.45, 7) is 0. The monoisotopic (exact) mass is 371 g/mol. The molecule has 0 spiro atoms. The van der Waals surface area contributed by atoms with E-state index >= 15 is 0 Å². The summed E-state index contributed by atoms with van der Waals surface area (Å²) in [5.41, 5.74) is 31.6. The fourth-order valence-electron chi connectivity index (χ4n) is 2.40. The average molecular weight is 371 g/mol. The number of hydrogen-bond donors (Lipinski definition) is 6. The van der Waals surface area contributed by atoms with Crippen molar-refractivity contribution < 1.29 is 9.47 Å². The number of hydrogen-bond acceptors (Lipinski definition) is 10. The molecule has 10 heteroatoms. The Labute approximate surface area is 155 Å². The van der Waals surface area contributed by atoms with Gasteiger partial charge in [0.15, 0.2) is 0 Å². The molecule has 27 heavy (non-hydrogen) atoms. The highest BCUT2D eigenvalue weighted by Crippen LogP contribution is 2.35. The molecule has 10 nitrogen and oxygen atoms in total. The molecule has 0 aliphatic heterocycles. The molecular weight excluding hydrogens is 350 g/mol. The molecule has 12 N–H and O–H groups in total. The number of nitroso groups, excluding NO2 is 1. The fourth-order valence-corrected chi connectivity index (χ4v) is 2.40. The third-order valence-corrected chi connectivity index (χ3v) is 3.48. The maximum absolute atomic E-state index is 11.7. The summed E-state index contributed by atoms with van der Waals surface area (Å²) in [6.07, 6.45) is 5.64. The van der Waals surface area contributed by atoms with Crippen LogP contribution in [-0.4, -0.2) is 11.9 Å². The number of benzene rings is 2. The van der Waals surface area contributed by atoms with Gasteiger partial charge in [0, 0.05) is 11.1 Å². The van der Waals surface area contributed by atoms with E-state index in [1.807, 2.05) is 0 Å². The van der Waals surface area contributed by atoms with Crippen LogP contribution >= 0.6 is 0 Å². The van der Waals surface area contributed by atoms with Gasteiger partial charge in [-0.2, -0.15) is 0 Å². The molecule has 0 bridgehead atoms. The van der Waals surface area contributed by atoms with Crippen molar-refractivity contribution in [2.75, 3.05) is 0 Å². The second-order valence-corrected chi connectivity index (χ2v) is 5.91. The number of nitrogens with two attached hydrogens (primary N) is 6. The lowest BCUT2D eigenvalue weighted by atomic mass is 9.84. The van der Waals surface area contributed by atoms with E-state index in [0.717, 1.165) is 0 Å². The molecule has 2 aromatic rings. The Morgan fingerprint density at radius 2 is 1.07 bits per heavy atom. The van der Waals surface area contributed by atoms with Crippen molar-refractivity contribution in [1.82, 2.24) is 0 Å². The lowest BCUT2D eigenvalue weighted by Gasteiger charge is -2.24. The normalized spacial score (nSPS) is 12.2. The van der Waals surface area contributed by atoms with E-state index in [9.17, 15) is 4.91 Å². The molecule has 0 atom stereocenters. The Bertz CT molecular complexity index is 772. The van der Waals surface area contributed by atoms with Gasteiger partial charge in [-0.1, -0.05) is 30.2 Å². The minimum atomic E-state index is -1.84. The first-order valence-corrected chi connectivity index (χ1v) is 7.64. The first-order valence-electron chi connectivity index (χ1n) is 7.64. The van der Waals surface area contributed by atoms with E-state index in [1.54, 1.807) is 24.3 Å². The summed E-state index contributed by atoms with van der Waals surface area (Å²) in [4.78, 5) is 11.7. The van der Waals surface area contributed by atoms with Crippen LogP contribution in [0.25, 0.3) is 0 Å². The molecule has 0 radical (unpaired) electrons. The third-order valence-electron chi connectivity index (χ3n) is 3.48. The molecule has 2 rings (SSSR count). The van der Waals surface area contributed by atoms with Crippen LogP contribution in [0.4, 0.5) is 0 Å². The Morgan fingerprint density at radius 3 is 1.30 bits per heavy atom. The number of terminal acetylenes is 1. The zero-order chi connectivity index (χ0) is 20.3. The van der Waals surface area contributed by atoms with Crippen LogP contribution in [0, 0.1) is 17.3 Å². The lowest BCUT2D eigenvalue weighted by Crippen LogP contribution is -2.62. The number of ether oxygens (including phenoxy) is 2. The molecule has 0 saturated carbocycles. The molecule has 0 fully saturated rings. The molecule has 0 unspecified atom stereocenters. The van der Waals surface area contributed by atoms with Crippen molar-refractivity contribution in [2.45, 2.75) is 17.5 Å². The summed E-state index contributed by atoms with van der Waals surface area (Å²) in [6, 6.07) is 12.3. The van der Waals surface area contributed by atoms with Crippen LogP contribution in [0.3, 0.4) is 0 Å². The van der Waals surface area contributed by atoms with Crippen molar-refractivity contribution in [3.8, 4) is 23.8 Å². The van der Waals surface area contributed by atoms with Crippen molar-refractivity contribution in [3.05, 3.63) is 64.6 Å². The Morgan fingerprint density at radius 1 is 0.741 bits per heavy atom. The molecule has 0 heterocycles. The predicted octanol–water partition coefficient (Wildman–Crippen LogP) is -0.938. The van der Waals surface area contributed by atoms with Gasteiger partial charge >= 0.3 is 0 Å². The summed E-state index contributed by atoms with van der Waals surface area (Å²) in [7, 11) is 0. The highest BCUT2D eigenvalue weighted by molar-refractivity contribution is 5.49. The summed E-state index contributed by atoms with van der Waals surface area (Å²) < 4.78 is 10.3. The van der Waals surface area contributed by atoms with Crippen LogP contribution in [0.1, 0.15) is 11.1 Å². The second-order valence-electron chi connectivity index (χ2n) is 5.91. The van der Waals surface area contributed by atoms with Gasteiger partial charge in [0.05, 0.1) is 0 Å². The molecule has 0 aliphatic rings. The van der Waals surface area contributed by atoms with Gasteiger partial charge in [0.2, 0.25) is 5.54 Å². The zero-order valence-corrected chi connectivity index (χ0v) is 14.3. The van der Waals surface area contributed by atoms with Gasteiger partial charge in [-0.05, 0) is 29.4 Å².